The number of para-hydroxylation sites is 1. The van der Waals surface area contributed by atoms with Gasteiger partial charge in [-0.3, -0.25) is 4.68 Å². The van der Waals surface area contributed by atoms with E-state index in [1.807, 2.05) is 71.5 Å². The molecule has 0 atom stereocenters. The smallest absolute Gasteiger partial charge is 0.336 e. The zero-order valence-corrected chi connectivity index (χ0v) is 19.3. The summed E-state index contributed by atoms with van der Waals surface area (Å²) >= 11 is 0. The van der Waals surface area contributed by atoms with E-state index >= 15 is 0 Å². The number of hydrogen-bond acceptors (Lipinski definition) is 6. The third kappa shape index (κ3) is 5.57. The lowest BCUT2D eigenvalue weighted by Gasteiger charge is -2.08. The SMILES string of the molecule is COc1cc(C#N)ccc1OC(=O)/C=C/c1cn(Cc2ccccc2)nc1-c1ccccc1OC. The monoisotopic (exact) mass is 465 g/mol. The van der Waals surface area contributed by atoms with Crippen molar-refractivity contribution in [2.45, 2.75) is 6.54 Å². The number of hydrogen-bond donors (Lipinski definition) is 0. The van der Waals surface area contributed by atoms with E-state index in [1.54, 1.807) is 19.3 Å². The zero-order chi connectivity index (χ0) is 24.6. The molecule has 35 heavy (non-hydrogen) atoms. The first-order valence-corrected chi connectivity index (χ1v) is 10.8. The van der Waals surface area contributed by atoms with Crippen LogP contribution in [-0.2, 0) is 11.3 Å². The van der Waals surface area contributed by atoms with Crippen molar-refractivity contribution in [2.75, 3.05) is 14.2 Å². The van der Waals surface area contributed by atoms with E-state index in [9.17, 15) is 4.79 Å². The summed E-state index contributed by atoms with van der Waals surface area (Å²) in [6.45, 7) is 0.573. The molecule has 0 saturated carbocycles. The van der Waals surface area contributed by atoms with Crippen LogP contribution in [0.25, 0.3) is 17.3 Å². The molecule has 174 valence electrons. The molecule has 0 saturated heterocycles. The molecule has 0 aliphatic heterocycles. The van der Waals surface area contributed by atoms with Gasteiger partial charge < -0.3 is 14.2 Å². The first-order valence-electron chi connectivity index (χ1n) is 10.8. The van der Waals surface area contributed by atoms with Crippen LogP contribution in [-0.4, -0.2) is 30.0 Å². The summed E-state index contributed by atoms with van der Waals surface area (Å²) in [5, 5.41) is 13.8. The van der Waals surface area contributed by atoms with Gasteiger partial charge in [-0.15, -0.1) is 0 Å². The van der Waals surface area contributed by atoms with E-state index < -0.39 is 5.97 Å². The molecular weight excluding hydrogens is 442 g/mol. The first kappa shape index (κ1) is 23.3. The molecule has 7 nitrogen and oxygen atoms in total. The molecular formula is C28H23N3O4. The van der Waals surface area contributed by atoms with Gasteiger partial charge in [0.25, 0.3) is 0 Å². The Labute approximate surface area is 203 Å². The molecule has 4 rings (SSSR count). The topological polar surface area (TPSA) is 86.4 Å². The third-order valence-corrected chi connectivity index (χ3v) is 5.24. The van der Waals surface area contributed by atoms with Crippen LogP contribution in [0.15, 0.2) is 85.1 Å². The summed E-state index contributed by atoms with van der Waals surface area (Å²) in [5.41, 5.74) is 3.73. The van der Waals surface area contributed by atoms with Gasteiger partial charge in [0, 0.05) is 29.5 Å². The normalized spacial score (nSPS) is 10.7. The van der Waals surface area contributed by atoms with Gasteiger partial charge in [-0.05, 0) is 35.9 Å². The van der Waals surface area contributed by atoms with Crippen molar-refractivity contribution in [3.05, 3.63) is 102 Å². The summed E-state index contributed by atoms with van der Waals surface area (Å²) < 4.78 is 18.0. The van der Waals surface area contributed by atoms with E-state index in [-0.39, 0.29) is 5.75 Å². The van der Waals surface area contributed by atoms with Crippen molar-refractivity contribution in [3.8, 4) is 34.6 Å². The van der Waals surface area contributed by atoms with Gasteiger partial charge in [-0.2, -0.15) is 10.4 Å². The van der Waals surface area contributed by atoms with E-state index in [2.05, 4.69) is 0 Å². The van der Waals surface area contributed by atoms with E-state index in [4.69, 9.17) is 24.6 Å². The average Bonchev–Trinajstić information content (AvgIpc) is 3.30. The largest absolute Gasteiger partial charge is 0.496 e. The van der Waals surface area contributed by atoms with Crippen molar-refractivity contribution in [1.82, 2.24) is 9.78 Å². The number of carbonyl (C=O) groups is 1. The van der Waals surface area contributed by atoms with Crippen LogP contribution in [0.2, 0.25) is 0 Å². The van der Waals surface area contributed by atoms with Crippen molar-refractivity contribution in [3.63, 3.8) is 0 Å². The molecule has 0 bridgehead atoms. The van der Waals surface area contributed by atoms with E-state index in [1.165, 1.54) is 25.3 Å². The lowest BCUT2D eigenvalue weighted by Crippen LogP contribution is -2.05. The molecule has 4 aromatic rings. The number of esters is 1. The van der Waals surface area contributed by atoms with Crippen molar-refractivity contribution in [1.29, 1.82) is 5.26 Å². The Hall–Kier alpha value is -4.83. The number of ether oxygens (including phenoxy) is 3. The predicted molar refractivity (Wildman–Crippen MR) is 132 cm³/mol. The van der Waals surface area contributed by atoms with Crippen molar-refractivity contribution >= 4 is 12.0 Å². The number of rotatable bonds is 8. The Bertz CT molecular complexity index is 1400. The predicted octanol–water partition coefficient (Wildman–Crippen LogP) is 5.11. The minimum absolute atomic E-state index is 0.228. The van der Waals surface area contributed by atoms with Gasteiger partial charge in [0.2, 0.25) is 0 Å². The number of methoxy groups -OCH3 is 2. The second-order valence-electron chi connectivity index (χ2n) is 7.55. The fourth-order valence-corrected chi connectivity index (χ4v) is 3.58. The quantitative estimate of drug-likeness (QED) is 0.204. The number of nitriles is 1. The lowest BCUT2D eigenvalue weighted by atomic mass is 10.1. The second kappa shape index (κ2) is 10.9. The van der Waals surface area contributed by atoms with Crippen LogP contribution in [0.3, 0.4) is 0 Å². The highest BCUT2D eigenvalue weighted by molar-refractivity contribution is 5.90. The van der Waals surface area contributed by atoms with Gasteiger partial charge in [-0.25, -0.2) is 4.79 Å². The van der Waals surface area contributed by atoms with E-state index in [0.717, 1.165) is 16.7 Å². The summed E-state index contributed by atoms with van der Waals surface area (Å²) in [6, 6.07) is 24.2. The molecule has 0 fully saturated rings. The van der Waals surface area contributed by atoms with Gasteiger partial charge in [0.05, 0.1) is 32.4 Å². The van der Waals surface area contributed by atoms with Gasteiger partial charge in [-0.1, -0.05) is 42.5 Å². The van der Waals surface area contributed by atoms with Crippen LogP contribution < -0.4 is 14.2 Å². The van der Waals surface area contributed by atoms with Crippen LogP contribution >= 0.6 is 0 Å². The van der Waals surface area contributed by atoms with Crippen LogP contribution in [0.5, 0.6) is 17.2 Å². The molecule has 0 unspecified atom stereocenters. The molecule has 0 aliphatic carbocycles. The van der Waals surface area contributed by atoms with Gasteiger partial charge in [0.15, 0.2) is 11.5 Å². The Morgan fingerprint density at radius 2 is 1.71 bits per heavy atom. The van der Waals surface area contributed by atoms with Crippen molar-refractivity contribution < 1.29 is 19.0 Å². The van der Waals surface area contributed by atoms with Crippen LogP contribution in [0, 0.1) is 11.3 Å². The average molecular weight is 466 g/mol. The first-order chi connectivity index (χ1) is 17.1. The molecule has 1 aromatic heterocycles. The standard InChI is InChI=1S/C28H23N3O4/c1-33-24-11-7-6-10-23(24)28-22(19-31(30-28)18-20-8-4-3-5-9-20)13-15-27(32)35-25-14-12-21(17-29)16-26(25)34-2/h3-16,19H,18H2,1-2H3/b15-13+. The zero-order valence-electron chi connectivity index (χ0n) is 19.3. The number of carbonyl (C=O) groups excluding carboxylic acids is 1. The minimum atomic E-state index is -0.588. The van der Waals surface area contributed by atoms with Crippen LogP contribution in [0.4, 0.5) is 0 Å². The molecule has 1 heterocycles. The molecule has 0 radical (unpaired) electrons. The Kier molecular flexibility index (Phi) is 7.24. The fourth-order valence-electron chi connectivity index (χ4n) is 3.58. The Morgan fingerprint density at radius 3 is 2.46 bits per heavy atom. The molecule has 3 aromatic carbocycles. The summed E-state index contributed by atoms with van der Waals surface area (Å²) in [7, 11) is 3.06. The Morgan fingerprint density at radius 1 is 0.971 bits per heavy atom. The molecule has 0 aliphatic rings. The maximum atomic E-state index is 12.6. The summed E-state index contributed by atoms with van der Waals surface area (Å²) in [5.74, 6) is 0.619. The highest BCUT2D eigenvalue weighted by Crippen LogP contribution is 2.32. The fraction of sp³-hybridized carbons (Fsp3) is 0.107. The third-order valence-electron chi connectivity index (χ3n) is 5.24. The molecule has 0 N–H and O–H groups in total. The summed E-state index contributed by atoms with van der Waals surface area (Å²) in [6.07, 6.45) is 4.87. The summed E-state index contributed by atoms with van der Waals surface area (Å²) in [4.78, 5) is 12.6. The van der Waals surface area contributed by atoms with Gasteiger partial charge >= 0.3 is 5.97 Å². The van der Waals surface area contributed by atoms with Crippen LogP contribution in [0.1, 0.15) is 16.7 Å². The molecule has 7 heteroatoms. The Balaban J connectivity index is 1.63. The number of benzene rings is 3. The van der Waals surface area contributed by atoms with Gasteiger partial charge in [0.1, 0.15) is 11.4 Å². The molecule has 0 amide bonds. The lowest BCUT2D eigenvalue weighted by molar-refractivity contribution is -0.129. The van der Waals surface area contributed by atoms with E-state index in [0.29, 0.717) is 29.3 Å². The second-order valence-corrected chi connectivity index (χ2v) is 7.55. The molecule has 0 spiro atoms. The van der Waals surface area contributed by atoms with Crippen molar-refractivity contribution in [2.24, 2.45) is 0 Å². The highest BCUT2D eigenvalue weighted by atomic mass is 16.6. The number of aromatic nitrogens is 2. The maximum Gasteiger partial charge on any atom is 0.336 e. The minimum Gasteiger partial charge on any atom is -0.496 e. The number of nitrogens with zero attached hydrogens (tertiary/aromatic N) is 3. The highest BCUT2D eigenvalue weighted by Gasteiger charge is 2.15. The maximum absolute atomic E-state index is 12.6.